The average Bonchev–Trinajstić information content (AvgIpc) is 3.12. The number of carbonyl (C=O) groups is 2. The molecular formula is C24H24N2O5S. The van der Waals surface area contributed by atoms with Crippen LogP contribution in [0, 0.1) is 5.92 Å². The quantitative estimate of drug-likeness (QED) is 0.526. The molecule has 0 fully saturated rings. The topological polar surface area (TPSA) is 87.0 Å². The van der Waals surface area contributed by atoms with Crippen LogP contribution in [-0.2, 0) is 14.3 Å². The van der Waals surface area contributed by atoms with Gasteiger partial charge in [-0.2, -0.15) is 0 Å². The molecule has 0 spiro atoms. The van der Waals surface area contributed by atoms with E-state index in [-0.39, 0.29) is 5.56 Å². The molecule has 2 aromatic rings. The van der Waals surface area contributed by atoms with Gasteiger partial charge in [-0.15, -0.1) is 0 Å². The van der Waals surface area contributed by atoms with Crippen molar-refractivity contribution in [1.29, 1.82) is 0 Å². The zero-order valence-electron chi connectivity index (χ0n) is 18.2. The van der Waals surface area contributed by atoms with Crippen molar-refractivity contribution in [2.45, 2.75) is 32.2 Å². The molecule has 166 valence electrons. The first-order valence-electron chi connectivity index (χ1n) is 10.4. The van der Waals surface area contributed by atoms with Crippen LogP contribution in [-0.4, -0.2) is 30.7 Å². The van der Waals surface area contributed by atoms with Crippen molar-refractivity contribution in [2.75, 3.05) is 14.2 Å². The molecule has 32 heavy (non-hydrogen) atoms. The Hall–Kier alpha value is -3.26. The molecule has 4 rings (SSSR count). The third-order valence-corrected chi connectivity index (χ3v) is 6.77. The third-order valence-electron chi connectivity index (χ3n) is 5.77. The van der Waals surface area contributed by atoms with E-state index in [0.717, 1.165) is 19.3 Å². The smallest absolute Gasteiger partial charge is 0.338 e. The Labute approximate surface area is 189 Å². The van der Waals surface area contributed by atoms with Gasteiger partial charge in [-0.1, -0.05) is 41.7 Å². The Morgan fingerprint density at radius 3 is 2.47 bits per heavy atom. The average molecular weight is 453 g/mol. The highest BCUT2D eigenvalue weighted by atomic mass is 32.1. The highest BCUT2D eigenvalue weighted by Crippen LogP contribution is 2.31. The molecular weight excluding hydrogens is 428 g/mol. The molecule has 0 radical (unpaired) electrons. The van der Waals surface area contributed by atoms with Crippen LogP contribution >= 0.6 is 11.3 Å². The summed E-state index contributed by atoms with van der Waals surface area (Å²) in [6, 6.07) is 5.99. The van der Waals surface area contributed by atoms with E-state index in [9.17, 15) is 14.4 Å². The highest BCUT2D eigenvalue weighted by molar-refractivity contribution is 7.07. The molecule has 2 heterocycles. The van der Waals surface area contributed by atoms with E-state index < -0.39 is 18.0 Å². The van der Waals surface area contributed by atoms with Crippen molar-refractivity contribution in [3.63, 3.8) is 0 Å². The van der Waals surface area contributed by atoms with E-state index in [2.05, 4.69) is 17.1 Å². The van der Waals surface area contributed by atoms with Crippen molar-refractivity contribution >= 4 is 29.4 Å². The largest absolute Gasteiger partial charge is 0.466 e. The maximum Gasteiger partial charge on any atom is 0.338 e. The number of nitrogens with zero attached hydrogens (tertiary/aromatic N) is 2. The summed E-state index contributed by atoms with van der Waals surface area (Å²) in [4.78, 5) is 43.1. The van der Waals surface area contributed by atoms with Gasteiger partial charge in [0.1, 0.15) is 0 Å². The lowest BCUT2D eigenvalue weighted by Crippen LogP contribution is -2.40. The summed E-state index contributed by atoms with van der Waals surface area (Å²) in [6.45, 7) is 1.74. The van der Waals surface area contributed by atoms with Gasteiger partial charge < -0.3 is 9.47 Å². The molecule has 1 aromatic carbocycles. The number of fused-ring (bicyclic) bond motifs is 1. The number of aromatic nitrogens is 1. The first-order valence-corrected chi connectivity index (χ1v) is 11.2. The van der Waals surface area contributed by atoms with Crippen LogP contribution in [0.25, 0.3) is 6.08 Å². The highest BCUT2D eigenvalue weighted by Gasteiger charge is 2.33. The van der Waals surface area contributed by atoms with Crippen LogP contribution in [0.2, 0.25) is 0 Å². The summed E-state index contributed by atoms with van der Waals surface area (Å²) in [5.74, 6) is -0.692. The molecule has 7 nitrogen and oxygen atoms in total. The van der Waals surface area contributed by atoms with Crippen LogP contribution in [0.4, 0.5) is 0 Å². The SMILES string of the molecule is COC(=O)C1=C(C)N=c2sc(=CC3CC=CCC3)c(=O)n2C1c1ccc(C(=O)OC)cc1. The van der Waals surface area contributed by atoms with Gasteiger partial charge in [0.25, 0.3) is 5.56 Å². The number of hydrogen-bond acceptors (Lipinski definition) is 7. The fraction of sp³-hybridized carbons (Fsp3) is 0.333. The van der Waals surface area contributed by atoms with Crippen molar-refractivity contribution in [1.82, 2.24) is 4.57 Å². The van der Waals surface area contributed by atoms with Crippen molar-refractivity contribution < 1.29 is 19.1 Å². The number of methoxy groups -OCH3 is 2. The minimum Gasteiger partial charge on any atom is -0.466 e. The lowest BCUT2D eigenvalue weighted by molar-refractivity contribution is -0.136. The van der Waals surface area contributed by atoms with Gasteiger partial charge in [0, 0.05) is 0 Å². The Morgan fingerprint density at radius 1 is 1.12 bits per heavy atom. The fourth-order valence-corrected chi connectivity index (χ4v) is 5.24. The zero-order chi connectivity index (χ0) is 22.8. The lowest BCUT2D eigenvalue weighted by atomic mass is 9.94. The number of rotatable bonds is 4. The van der Waals surface area contributed by atoms with Gasteiger partial charge >= 0.3 is 11.9 Å². The molecule has 0 saturated heterocycles. The number of hydrogen-bond donors (Lipinski definition) is 0. The molecule has 2 aliphatic rings. The van der Waals surface area contributed by atoms with Crippen molar-refractivity contribution in [3.8, 4) is 0 Å². The van der Waals surface area contributed by atoms with E-state index >= 15 is 0 Å². The second-order valence-electron chi connectivity index (χ2n) is 7.75. The van der Waals surface area contributed by atoms with Crippen molar-refractivity contribution in [2.24, 2.45) is 10.9 Å². The third kappa shape index (κ3) is 3.98. The summed E-state index contributed by atoms with van der Waals surface area (Å²) in [7, 11) is 2.62. The predicted octanol–water partition coefficient (Wildman–Crippen LogP) is 2.50. The van der Waals surface area contributed by atoms with Crippen LogP contribution in [0.1, 0.15) is 48.1 Å². The summed E-state index contributed by atoms with van der Waals surface area (Å²) in [6.07, 6.45) is 9.25. The Balaban J connectivity index is 1.88. The molecule has 0 bridgehead atoms. The second-order valence-corrected chi connectivity index (χ2v) is 8.76. The maximum atomic E-state index is 13.5. The molecule has 8 heteroatoms. The van der Waals surface area contributed by atoms with Gasteiger partial charge in [0.2, 0.25) is 0 Å². The summed E-state index contributed by atoms with van der Waals surface area (Å²) < 4.78 is 12.0. The molecule has 0 amide bonds. The molecule has 1 aromatic heterocycles. The summed E-state index contributed by atoms with van der Waals surface area (Å²) in [5.41, 5.74) is 1.69. The first-order chi connectivity index (χ1) is 15.4. The van der Waals surface area contributed by atoms with Gasteiger partial charge in [-0.05, 0) is 49.8 Å². The molecule has 2 unspecified atom stereocenters. The number of esters is 2. The van der Waals surface area contributed by atoms with E-state index in [0.29, 0.717) is 37.6 Å². The second kappa shape index (κ2) is 9.08. The normalized spacial score (nSPS) is 20.5. The van der Waals surface area contributed by atoms with Crippen LogP contribution in [0.5, 0.6) is 0 Å². The lowest BCUT2D eigenvalue weighted by Gasteiger charge is -2.24. The number of carbonyl (C=O) groups excluding carboxylic acids is 2. The van der Waals surface area contributed by atoms with Gasteiger partial charge in [0.15, 0.2) is 4.80 Å². The van der Waals surface area contributed by atoms with E-state index in [1.165, 1.54) is 25.6 Å². The van der Waals surface area contributed by atoms with E-state index in [1.807, 2.05) is 6.08 Å². The van der Waals surface area contributed by atoms with Gasteiger partial charge in [-0.3, -0.25) is 9.36 Å². The number of allylic oxidation sites excluding steroid dienone is 3. The minimum atomic E-state index is -0.696. The maximum absolute atomic E-state index is 13.5. The first kappa shape index (κ1) is 22.0. The number of thiazole rings is 1. The predicted molar refractivity (Wildman–Crippen MR) is 121 cm³/mol. The molecule has 1 aliphatic carbocycles. The molecule has 2 atom stereocenters. The number of benzene rings is 1. The van der Waals surface area contributed by atoms with Crippen LogP contribution < -0.4 is 14.9 Å². The summed E-state index contributed by atoms with van der Waals surface area (Å²) in [5, 5.41) is 0. The van der Waals surface area contributed by atoms with Crippen molar-refractivity contribution in [3.05, 3.63) is 78.5 Å². The standard InChI is InChI=1S/C24H24N2O5S/c1-14-19(23(29)31-3)20(16-9-11-17(12-10-16)22(28)30-2)26-21(27)18(32-24(26)25-14)13-15-7-5-4-6-8-15/h4-5,9-13,15,20H,6-8H2,1-3H3. The summed E-state index contributed by atoms with van der Waals surface area (Å²) >= 11 is 1.33. The fourth-order valence-electron chi connectivity index (χ4n) is 4.12. The van der Waals surface area contributed by atoms with Crippen LogP contribution in [0.3, 0.4) is 0 Å². The van der Waals surface area contributed by atoms with E-state index in [1.54, 1.807) is 35.8 Å². The van der Waals surface area contributed by atoms with Crippen LogP contribution in [0.15, 0.2) is 57.5 Å². The molecule has 1 aliphatic heterocycles. The van der Waals surface area contributed by atoms with Gasteiger partial charge in [-0.25, -0.2) is 14.6 Å². The minimum absolute atomic E-state index is 0.181. The Morgan fingerprint density at radius 2 is 1.84 bits per heavy atom. The number of ether oxygens (including phenoxy) is 2. The molecule has 0 saturated carbocycles. The Bertz CT molecular complexity index is 1300. The zero-order valence-corrected chi connectivity index (χ0v) is 19.0. The molecule has 0 N–H and O–H groups in total. The monoisotopic (exact) mass is 452 g/mol. The van der Waals surface area contributed by atoms with Gasteiger partial charge in [0.05, 0.1) is 41.6 Å². The van der Waals surface area contributed by atoms with E-state index in [4.69, 9.17) is 9.47 Å². The Kier molecular flexibility index (Phi) is 6.23.